The molecule has 0 bridgehead atoms. The molecule has 0 unspecified atom stereocenters. The fraction of sp³-hybridized carbons (Fsp3) is 0.333. The van der Waals surface area contributed by atoms with Gasteiger partial charge in [0.25, 0.3) is 0 Å². The van der Waals surface area contributed by atoms with E-state index in [-0.39, 0.29) is 0 Å². The molecule has 0 aliphatic carbocycles. The molecule has 0 N–H and O–H groups in total. The molecule has 5 heteroatoms. The predicted octanol–water partition coefficient (Wildman–Crippen LogP) is 1.32. The van der Waals surface area contributed by atoms with E-state index >= 15 is 0 Å². The van der Waals surface area contributed by atoms with Crippen molar-refractivity contribution < 1.29 is 9.15 Å². The summed E-state index contributed by atoms with van der Waals surface area (Å²) in [4.78, 5) is 0. The zero-order valence-corrected chi connectivity index (χ0v) is 7.88. The van der Waals surface area contributed by atoms with Crippen LogP contribution in [0, 0.1) is 0 Å². The van der Waals surface area contributed by atoms with Crippen molar-refractivity contribution >= 4 is 0 Å². The van der Waals surface area contributed by atoms with Crippen LogP contribution in [0.25, 0.3) is 0 Å². The Bertz CT molecular complexity index is 380. The van der Waals surface area contributed by atoms with Crippen LogP contribution in [-0.4, -0.2) is 21.6 Å². The molecule has 0 amide bonds. The van der Waals surface area contributed by atoms with Gasteiger partial charge in [0.1, 0.15) is 18.5 Å². The molecule has 0 aromatic carbocycles. The second kappa shape index (κ2) is 3.95. The van der Waals surface area contributed by atoms with Gasteiger partial charge in [-0.15, -0.1) is 5.10 Å². The number of rotatable bonds is 4. The van der Waals surface area contributed by atoms with E-state index in [1.807, 2.05) is 19.1 Å². The van der Waals surface area contributed by atoms with Crippen molar-refractivity contribution in [2.24, 2.45) is 0 Å². The lowest BCUT2D eigenvalue weighted by atomic mass is 10.4. The third kappa shape index (κ3) is 1.76. The molecule has 2 aromatic heterocycles. The molecule has 0 saturated heterocycles. The minimum Gasteiger partial charge on any atom is -0.477 e. The number of ether oxygens (including phenoxy) is 1. The van der Waals surface area contributed by atoms with Crippen molar-refractivity contribution in [3.05, 3.63) is 30.4 Å². The van der Waals surface area contributed by atoms with Crippen LogP contribution in [0.2, 0.25) is 0 Å². The molecule has 0 atom stereocenters. The molecule has 5 nitrogen and oxygen atoms in total. The SMILES string of the molecule is CCOc1cnnn1Cc1ccco1. The zero-order valence-electron chi connectivity index (χ0n) is 7.88. The summed E-state index contributed by atoms with van der Waals surface area (Å²) in [7, 11) is 0. The summed E-state index contributed by atoms with van der Waals surface area (Å²) in [5, 5.41) is 7.66. The molecule has 0 aliphatic rings. The molecular formula is C9H11N3O2. The van der Waals surface area contributed by atoms with E-state index in [1.54, 1.807) is 17.1 Å². The van der Waals surface area contributed by atoms with Crippen LogP contribution in [-0.2, 0) is 6.54 Å². The van der Waals surface area contributed by atoms with Crippen molar-refractivity contribution in [2.75, 3.05) is 6.61 Å². The lowest BCUT2D eigenvalue weighted by Crippen LogP contribution is -2.05. The van der Waals surface area contributed by atoms with Gasteiger partial charge in [-0.05, 0) is 19.1 Å². The molecule has 74 valence electrons. The largest absolute Gasteiger partial charge is 0.477 e. The molecule has 2 heterocycles. The Morgan fingerprint density at radius 2 is 2.50 bits per heavy atom. The maximum absolute atomic E-state index is 5.32. The lowest BCUT2D eigenvalue weighted by Gasteiger charge is -2.03. The minimum atomic E-state index is 0.544. The number of nitrogens with zero attached hydrogens (tertiary/aromatic N) is 3. The summed E-state index contributed by atoms with van der Waals surface area (Å²) in [6.07, 6.45) is 3.22. The van der Waals surface area contributed by atoms with E-state index < -0.39 is 0 Å². The molecule has 2 rings (SSSR count). The third-order valence-electron chi connectivity index (χ3n) is 1.76. The average Bonchev–Trinajstić information content (AvgIpc) is 2.80. The number of aromatic nitrogens is 3. The fourth-order valence-corrected chi connectivity index (χ4v) is 1.17. The number of furan rings is 1. The summed E-state index contributed by atoms with van der Waals surface area (Å²) in [6, 6.07) is 3.73. The molecular weight excluding hydrogens is 182 g/mol. The zero-order chi connectivity index (χ0) is 9.80. The highest BCUT2D eigenvalue weighted by Crippen LogP contribution is 2.10. The molecule has 0 fully saturated rings. The Morgan fingerprint density at radius 3 is 3.21 bits per heavy atom. The van der Waals surface area contributed by atoms with Gasteiger partial charge in [0.2, 0.25) is 5.88 Å². The van der Waals surface area contributed by atoms with Gasteiger partial charge in [-0.3, -0.25) is 0 Å². The Hall–Kier alpha value is -1.78. The second-order valence-corrected chi connectivity index (χ2v) is 2.74. The Morgan fingerprint density at radius 1 is 1.57 bits per heavy atom. The predicted molar refractivity (Wildman–Crippen MR) is 49.0 cm³/mol. The first-order chi connectivity index (χ1) is 6.90. The van der Waals surface area contributed by atoms with Crippen molar-refractivity contribution in [3.63, 3.8) is 0 Å². The highest BCUT2D eigenvalue weighted by Gasteiger charge is 2.05. The average molecular weight is 193 g/mol. The van der Waals surface area contributed by atoms with Crippen molar-refractivity contribution in [3.8, 4) is 5.88 Å². The number of hydrogen-bond donors (Lipinski definition) is 0. The molecule has 0 radical (unpaired) electrons. The molecule has 14 heavy (non-hydrogen) atoms. The quantitative estimate of drug-likeness (QED) is 0.734. The normalized spacial score (nSPS) is 10.4. The lowest BCUT2D eigenvalue weighted by molar-refractivity contribution is 0.301. The van der Waals surface area contributed by atoms with E-state index in [9.17, 15) is 0 Å². The van der Waals surface area contributed by atoms with E-state index in [2.05, 4.69) is 10.3 Å². The monoisotopic (exact) mass is 193 g/mol. The van der Waals surface area contributed by atoms with Gasteiger partial charge in [-0.2, -0.15) is 0 Å². The van der Waals surface area contributed by atoms with Crippen LogP contribution in [0.3, 0.4) is 0 Å². The van der Waals surface area contributed by atoms with Gasteiger partial charge < -0.3 is 9.15 Å². The molecule has 0 aliphatic heterocycles. The van der Waals surface area contributed by atoms with Crippen molar-refractivity contribution in [2.45, 2.75) is 13.5 Å². The van der Waals surface area contributed by atoms with Gasteiger partial charge in [-0.25, -0.2) is 4.68 Å². The first-order valence-electron chi connectivity index (χ1n) is 4.44. The Kier molecular flexibility index (Phi) is 2.48. The van der Waals surface area contributed by atoms with E-state index in [0.29, 0.717) is 19.0 Å². The Balaban J connectivity index is 2.12. The van der Waals surface area contributed by atoms with Crippen molar-refractivity contribution in [1.29, 1.82) is 0 Å². The van der Waals surface area contributed by atoms with E-state index in [4.69, 9.17) is 9.15 Å². The Labute approximate surface area is 81.3 Å². The van der Waals surface area contributed by atoms with Crippen LogP contribution in [0.4, 0.5) is 0 Å². The van der Waals surface area contributed by atoms with Crippen molar-refractivity contribution in [1.82, 2.24) is 15.0 Å². The maximum Gasteiger partial charge on any atom is 0.232 e. The van der Waals surface area contributed by atoms with E-state index in [0.717, 1.165) is 5.76 Å². The van der Waals surface area contributed by atoms with E-state index in [1.165, 1.54) is 0 Å². The van der Waals surface area contributed by atoms with Crippen LogP contribution in [0.15, 0.2) is 29.0 Å². The topological polar surface area (TPSA) is 53.1 Å². The van der Waals surface area contributed by atoms with Gasteiger partial charge in [0.05, 0.1) is 12.9 Å². The first-order valence-corrected chi connectivity index (χ1v) is 4.44. The van der Waals surface area contributed by atoms with Crippen LogP contribution in [0.5, 0.6) is 5.88 Å². The second-order valence-electron chi connectivity index (χ2n) is 2.74. The highest BCUT2D eigenvalue weighted by atomic mass is 16.5. The van der Waals surface area contributed by atoms with Gasteiger partial charge in [0, 0.05) is 0 Å². The standard InChI is InChI=1S/C9H11N3O2/c1-2-13-9-6-10-11-12(9)7-8-4-3-5-14-8/h3-6H,2,7H2,1H3. The molecule has 0 spiro atoms. The molecule has 0 saturated carbocycles. The van der Waals surface area contributed by atoms with Crippen LogP contribution in [0.1, 0.15) is 12.7 Å². The molecule has 2 aromatic rings. The summed E-state index contributed by atoms with van der Waals surface area (Å²) >= 11 is 0. The summed E-state index contributed by atoms with van der Waals surface area (Å²) in [6.45, 7) is 3.07. The minimum absolute atomic E-state index is 0.544. The number of hydrogen-bond acceptors (Lipinski definition) is 4. The van der Waals surface area contributed by atoms with Gasteiger partial charge in [-0.1, -0.05) is 5.21 Å². The third-order valence-corrected chi connectivity index (χ3v) is 1.76. The van der Waals surface area contributed by atoms with Crippen LogP contribution >= 0.6 is 0 Å². The van der Waals surface area contributed by atoms with Crippen LogP contribution < -0.4 is 4.74 Å². The summed E-state index contributed by atoms with van der Waals surface area (Å²) in [5.74, 6) is 1.49. The highest BCUT2D eigenvalue weighted by molar-refractivity contribution is 5.06. The summed E-state index contributed by atoms with van der Waals surface area (Å²) < 4.78 is 12.2. The smallest absolute Gasteiger partial charge is 0.232 e. The van der Waals surface area contributed by atoms with Gasteiger partial charge in [0.15, 0.2) is 0 Å². The van der Waals surface area contributed by atoms with Gasteiger partial charge >= 0.3 is 0 Å². The first kappa shape index (κ1) is 8.80. The summed E-state index contributed by atoms with van der Waals surface area (Å²) in [5.41, 5.74) is 0. The maximum atomic E-state index is 5.32. The fourth-order valence-electron chi connectivity index (χ4n) is 1.17.